The van der Waals surface area contributed by atoms with Gasteiger partial charge in [-0.25, -0.2) is 4.39 Å². The summed E-state index contributed by atoms with van der Waals surface area (Å²) in [6.45, 7) is 5.90. The van der Waals surface area contributed by atoms with E-state index in [4.69, 9.17) is 4.74 Å². The molecule has 0 saturated carbocycles. The highest BCUT2D eigenvalue weighted by atomic mass is 19.3. The Morgan fingerprint density at radius 3 is 2.78 bits per heavy atom. The number of carbonyl (C=O) groups is 1. The van der Waals surface area contributed by atoms with Crippen LogP contribution >= 0.6 is 0 Å². The summed E-state index contributed by atoms with van der Waals surface area (Å²) in [6.07, 6.45) is 1.53. The van der Waals surface area contributed by atoms with Crippen LogP contribution in [-0.2, 0) is 17.1 Å². The maximum Gasteiger partial charge on any atom is 0.286 e. The van der Waals surface area contributed by atoms with E-state index in [0.717, 1.165) is 40.9 Å². The maximum absolute atomic E-state index is 15.4. The number of rotatable bonds is 4. The average Bonchev–Trinajstić information content (AvgIpc) is 2.84. The number of ether oxygens (including phenoxy) is 1. The highest BCUT2D eigenvalue weighted by Crippen LogP contribution is 2.42. The lowest BCUT2D eigenvalue weighted by molar-refractivity contribution is 0.0127. The summed E-state index contributed by atoms with van der Waals surface area (Å²) in [5, 5.41) is 2.80. The van der Waals surface area contributed by atoms with E-state index in [2.05, 4.69) is 21.3 Å². The second-order valence-corrected chi connectivity index (χ2v) is 9.88. The van der Waals surface area contributed by atoms with Gasteiger partial charge in [0.2, 0.25) is 0 Å². The minimum absolute atomic E-state index is 0.102. The molecule has 2 atom stereocenters. The van der Waals surface area contributed by atoms with Crippen molar-refractivity contribution >= 4 is 17.3 Å². The third-order valence-electron chi connectivity index (χ3n) is 7.03. The van der Waals surface area contributed by atoms with Gasteiger partial charge in [0.25, 0.3) is 11.8 Å². The number of morpholine rings is 1. The fourth-order valence-corrected chi connectivity index (χ4v) is 5.06. The van der Waals surface area contributed by atoms with Gasteiger partial charge in [-0.05, 0) is 66.4 Å². The standard InChI is InChI=1S/C28H28F3N3O2/c1-17-4-7-21(33-26(35)19-8-9-32-24(13-19)28(3,30)31)14-22(17)18-5-6-20-15-27(2,29)25-16-36-11-10-34(25)23(20)12-18/h4-9,12-14,25H,10-11,15-16H2,1-3H3,(H,33,35)/t25-,27+/m0/s1. The minimum atomic E-state index is -3.14. The number of nitrogens with one attached hydrogen (secondary N) is 1. The molecule has 2 aliphatic heterocycles. The van der Waals surface area contributed by atoms with Gasteiger partial charge < -0.3 is 15.0 Å². The van der Waals surface area contributed by atoms with Gasteiger partial charge in [0.15, 0.2) is 0 Å². The number of aromatic nitrogens is 1. The zero-order valence-electron chi connectivity index (χ0n) is 20.4. The maximum atomic E-state index is 15.4. The van der Waals surface area contributed by atoms with Gasteiger partial charge in [-0.1, -0.05) is 18.2 Å². The summed E-state index contributed by atoms with van der Waals surface area (Å²) in [5.41, 5.74) is 3.67. The lowest BCUT2D eigenvalue weighted by Crippen LogP contribution is -2.59. The first-order valence-corrected chi connectivity index (χ1v) is 12.0. The van der Waals surface area contributed by atoms with Crippen molar-refractivity contribution in [2.75, 3.05) is 30.0 Å². The zero-order valence-corrected chi connectivity index (χ0v) is 20.4. The van der Waals surface area contributed by atoms with E-state index in [9.17, 15) is 13.6 Å². The molecule has 3 heterocycles. The number of anilines is 2. The predicted molar refractivity (Wildman–Crippen MR) is 134 cm³/mol. The molecule has 1 amide bonds. The molecule has 1 saturated heterocycles. The van der Waals surface area contributed by atoms with Gasteiger partial charge in [-0.2, -0.15) is 8.78 Å². The Hall–Kier alpha value is -3.39. The Labute approximate surface area is 208 Å². The Morgan fingerprint density at radius 2 is 2.00 bits per heavy atom. The van der Waals surface area contributed by atoms with Gasteiger partial charge in [0.05, 0.1) is 19.3 Å². The second kappa shape index (κ2) is 8.92. The van der Waals surface area contributed by atoms with E-state index >= 15 is 4.39 Å². The molecule has 3 aromatic rings. The number of hydrogen-bond acceptors (Lipinski definition) is 4. The van der Waals surface area contributed by atoms with Crippen LogP contribution in [0.4, 0.5) is 24.5 Å². The normalized spacial score (nSPS) is 21.5. The number of hydrogen-bond donors (Lipinski definition) is 1. The number of pyridine rings is 1. The van der Waals surface area contributed by atoms with Crippen LogP contribution in [0.5, 0.6) is 0 Å². The van der Waals surface area contributed by atoms with Gasteiger partial charge >= 0.3 is 0 Å². The minimum Gasteiger partial charge on any atom is -0.377 e. The SMILES string of the molecule is Cc1ccc(NC(=O)c2ccnc(C(C)(F)F)c2)cc1-c1ccc2c(c1)N1CCOC[C@H]1[C@](C)(F)C2. The number of aryl methyl sites for hydroxylation is 1. The third-order valence-corrected chi connectivity index (χ3v) is 7.03. The molecule has 188 valence electrons. The van der Waals surface area contributed by atoms with Gasteiger partial charge in [0.1, 0.15) is 11.4 Å². The van der Waals surface area contributed by atoms with Crippen molar-refractivity contribution in [2.45, 2.75) is 44.8 Å². The van der Waals surface area contributed by atoms with E-state index < -0.39 is 23.2 Å². The molecule has 0 bridgehead atoms. The molecule has 8 heteroatoms. The number of fused-ring (bicyclic) bond motifs is 3. The lowest BCUT2D eigenvalue weighted by atomic mass is 9.83. The van der Waals surface area contributed by atoms with Crippen molar-refractivity contribution < 1.29 is 22.7 Å². The average molecular weight is 496 g/mol. The van der Waals surface area contributed by atoms with E-state index in [0.29, 0.717) is 31.9 Å². The molecule has 0 radical (unpaired) electrons. The van der Waals surface area contributed by atoms with Crippen molar-refractivity contribution in [2.24, 2.45) is 0 Å². The van der Waals surface area contributed by atoms with Crippen LogP contribution < -0.4 is 10.2 Å². The van der Waals surface area contributed by atoms with Crippen molar-refractivity contribution in [3.05, 3.63) is 77.1 Å². The molecule has 2 aliphatic rings. The fourth-order valence-electron chi connectivity index (χ4n) is 5.06. The quantitative estimate of drug-likeness (QED) is 0.489. The molecule has 1 N–H and O–H groups in total. The van der Waals surface area contributed by atoms with Gasteiger partial charge in [-0.15, -0.1) is 0 Å². The smallest absolute Gasteiger partial charge is 0.286 e. The monoisotopic (exact) mass is 495 g/mol. The molecular weight excluding hydrogens is 467 g/mol. The molecule has 5 nitrogen and oxygen atoms in total. The summed E-state index contributed by atoms with van der Waals surface area (Å²) in [7, 11) is 0. The van der Waals surface area contributed by atoms with E-state index in [1.54, 1.807) is 13.0 Å². The van der Waals surface area contributed by atoms with Crippen LogP contribution in [0, 0.1) is 6.92 Å². The van der Waals surface area contributed by atoms with Crippen molar-refractivity contribution in [1.82, 2.24) is 4.98 Å². The van der Waals surface area contributed by atoms with Crippen LogP contribution in [0.3, 0.4) is 0 Å². The Morgan fingerprint density at radius 1 is 1.19 bits per heavy atom. The molecule has 36 heavy (non-hydrogen) atoms. The highest BCUT2D eigenvalue weighted by Gasteiger charge is 2.45. The number of carbonyl (C=O) groups excluding carboxylic acids is 1. The van der Waals surface area contributed by atoms with E-state index in [1.807, 2.05) is 31.2 Å². The number of benzene rings is 2. The summed E-state index contributed by atoms with van der Waals surface area (Å²) in [6, 6.07) is 13.7. The molecule has 5 rings (SSSR count). The van der Waals surface area contributed by atoms with Gasteiger partial charge in [0, 0.05) is 43.0 Å². The lowest BCUT2D eigenvalue weighted by Gasteiger charge is -2.48. The van der Waals surface area contributed by atoms with Crippen LogP contribution in [0.15, 0.2) is 54.7 Å². The summed E-state index contributed by atoms with van der Waals surface area (Å²) < 4.78 is 48.2. The summed E-state index contributed by atoms with van der Waals surface area (Å²) in [4.78, 5) is 18.6. The third kappa shape index (κ3) is 4.57. The van der Waals surface area contributed by atoms with Crippen LogP contribution in [0.2, 0.25) is 0 Å². The Balaban J connectivity index is 1.44. The largest absolute Gasteiger partial charge is 0.377 e. The van der Waals surface area contributed by atoms with Gasteiger partial charge in [-0.3, -0.25) is 9.78 Å². The molecule has 0 aliphatic carbocycles. The first kappa shape index (κ1) is 24.3. The Bertz CT molecular complexity index is 1320. The number of halogens is 3. The van der Waals surface area contributed by atoms with Crippen LogP contribution in [0.25, 0.3) is 11.1 Å². The molecule has 2 aromatic carbocycles. The topological polar surface area (TPSA) is 54.5 Å². The number of nitrogens with zero attached hydrogens (tertiary/aromatic N) is 2. The van der Waals surface area contributed by atoms with Crippen molar-refractivity contribution in [1.29, 1.82) is 0 Å². The first-order valence-electron chi connectivity index (χ1n) is 12.0. The fraction of sp³-hybridized carbons (Fsp3) is 0.357. The summed E-state index contributed by atoms with van der Waals surface area (Å²) in [5.74, 6) is -3.64. The molecular formula is C28H28F3N3O2. The highest BCUT2D eigenvalue weighted by molar-refractivity contribution is 6.04. The number of alkyl halides is 3. The van der Waals surface area contributed by atoms with Crippen molar-refractivity contribution in [3.8, 4) is 11.1 Å². The second-order valence-electron chi connectivity index (χ2n) is 9.88. The van der Waals surface area contributed by atoms with E-state index in [-0.39, 0.29) is 11.6 Å². The van der Waals surface area contributed by atoms with E-state index in [1.165, 1.54) is 12.3 Å². The Kier molecular flexibility index (Phi) is 6.03. The molecule has 1 fully saturated rings. The van der Waals surface area contributed by atoms with Crippen LogP contribution in [-0.4, -0.2) is 42.4 Å². The summed E-state index contributed by atoms with van der Waals surface area (Å²) >= 11 is 0. The molecule has 0 spiro atoms. The zero-order chi connectivity index (χ0) is 25.7. The van der Waals surface area contributed by atoms with Crippen LogP contribution in [0.1, 0.15) is 41.0 Å². The molecule has 1 aromatic heterocycles. The first-order chi connectivity index (χ1) is 17.0. The molecule has 0 unspecified atom stereocenters. The van der Waals surface area contributed by atoms with Crippen molar-refractivity contribution in [3.63, 3.8) is 0 Å². The number of amides is 1. The predicted octanol–water partition coefficient (Wildman–Crippen LogP) is 5.91.